The van der Waals surface area contributed by atoms with Crippen molar-refractivity contribution in [1.82, 2.24) is 24.7 Å². The second-order valence-corrected chi connectivity index (χ2v) is 6.59. The number of nitrogens with zero attached hydrogens (tertiary/aromatic N) is 5. The van der Waals surface area contributed by atoms with Gasteiger partial charge in [-0.1, -0.05) is 23.7 Å². The van der Waals surface area contributed by atoms with Crippen molar-refractivity contribution in [2.75, 3.05) is 0 Å². The van der Waals surface area contributed by atoms with E-state index in [1.807, 2.05) is 6.92 Å². The highest BCUT2D eigenvalue weighted by atomic mass is 35.5. The van der Waals surface area contributed by atoms with Gasteiger partial charge in [0, 0.05) is 13.0 Å². The minimum atomic E-state index is -0.671. The minimum Gasteiger partial charge on any atom is -0.459 e. The van der Waals surface area contributed by atoms with Crippen molar-refractivity contribution in [3.8, 4) is 0 Å². The second-order valence-electron chi connectivity index (χ2n) is 5.90. The maximum atomic E-state index is 11.5. The van der Waals surface area contributed by atoms with Crippen molar-refractivity contribution in [1.29, 1.82) is 0 Å². The summed E-state index contributed by atoms with van der Waals surface area (Å²) in [6.45, 7) is 3.29. The average Bonchev–Trinajstić information content (AvgIpc) is 3.31. The third-order valence-corrected chi connectivity index (χ3v) is 4.52. The molecule has 0 aliphatic carbocycles. The van der Waals surface area contributed by atoms with E-state index in [1.54, 1.807) is 17.1 Å². The number of carbonyl (C=O) groups is 1. The molecule has 1 aliphatic rings. The summed E-state index contributed by atoms with van der Waals surface area (Å²) in [7, 11) is 0. The molecule has 0 saturated carbocycles. The zero-order chi connectivity index (χ0) is 19.1. The molecule has 27 heavy (non-hydrogen) atoms. The summed E-state index contributed by atoms with van der Waals surface area (Å²) in [4.78, 5) is 23.8. The van der Waals surface area contributed by atoms with Gasteiger partial charge in [0.15, 0.2) is 22.7 Å². The summed E-state index contributed by atoms with van der Waals surface area (Å²) in [5, 5.41) is 4.10. The van der Waals surface area contributed by atoms with Crippen LogP contribution in [-0.2, 0) is 20.7 Å². The summed E-state index contributed by atoms with van der Waals surface area (Å²) in [5.74, 6) is 0.0246. The van der Waals surface area contributed by atoms with Crippen molar-refractivity contribution < 1.29 is 18.8 Å². The molecule has 0 N–H and O–H groups in total. The lowest BCUT2D eigenvalue weighted by Gasteiger charge is -2.15. The first-order valence-electron chi connectivity index (χ1n) is 8.15. The van der Waals surface area contributed by atoms with Gasteiger partial charge in [-0.3, -0.25) is 9.36 Å². The molecule has 0 amide bonds. The standard InChI is InChI=1S/C16H14Cl2N5O4/c1-3-8-4-10(27-22-8)13-9(25-7(2)24)5-11(26-13)23-6-19-12-14(17)20-16(18)21-15(12)23/h4-6,9,11,13H,3H2,1-2H3/t9-,11-,13+/m1/s1. The highest BCUT2D eigenvalue weighted by molar-refractivity contribution is 6.35. The van der Waals surface area contributed by atoms with Gasteiger partial charge < -0.3 is 14.0 Å². The van der Waals surface area contributed by atoms with Crippen LogP contribution < -0.4 is 0 Å². The molecular formula is C16H14Cl2N5O4. The highest BCUT2D eigenvalue weighted by Gasteiger charge is 2.42. The van der Waals surface area contributed by atoms with Gasteiger partial charge in [-0.05, 0) is 18.0 Å². The number of hydrogen-bond donors (Lipinski definition) is 0. The van der Waals surface area contributed by atoms with E-state index in [-0.39, 0.29) is 10.4 Å². The monoisotopic (exact) mass is 410 g/mol. The largest absolute Gasteiger partial charge is 0.459 e. The fourth-order valence-corrected chi connectivity index (χ4v) is 3.31. The zero-order valence-electron chi connectivity index (χ0n) is 14.3. The normalized spacial score (nSPS) is 22.4. The Labute approximate surface area is 163 Å². The summed E-state index contributed by atoms with van der Waals surface area (Å²) in [6.07, 6.45) is 1.97. The Kier molecular flexibility index (Phi) is 4.75. The number of halogens is 2. The molecule has 4 heterocycles. The van der Waals surface area contributed by atoms with Crippen molar-refractivity contribution in [3.05, 3.63) is 40.7 Å². The maximum absolute atomic E-state index is 11.5. The van der Waals surface area contributed by atoms with Crippen molar-refractivity contribution in [2.45, 2.75) is 38.7 Å². The van der Waals surface area contributed by atoms with Crippen LogP contribution in [0.15, 0.2) is 16.9 Å². The maximum Gasteiger partial charge on any atom is 0.303 e. The van der Waals surface area contributed by atoms with Crippen LogP contribution in [0.1, 0.15) is 37.6 Å². The zero-order valence-corrected chi connectivity index (χ0v) is 15.8. The molecule has 4 rings (SSSR count). The van der Waals surface area contributed by atoms with E-state index in [1.165, 1.54) is 13.3 Å². The Hall–Kier alpha value is -2.23. The SMILES string of the molecule is CCc1cc([C@H]2O[C@@H](n3cnc4c(Cl)nc(Cl)nc43)[CH][C@H]2OC(C)=O)on1. The van der Waals surface area contributed by atoms with Crippen molar-refractivity contribution >= 4 is 40.3 Å². The summed E-state index contributed by atoms with van der Waals surface area (Å²) < 4.78 is 18.4. The van der Waals surface area contributed by atoms with Crippen LogP contribution >= 0.6 is 23.2 Å². The molecule has 0 bridgehead atoms. The van der Waals surface area contributed by atoms with Crippen LogP contribution in [0, 0.1) is 6.42 Å². The number of hydrogen-bond acceptors (Lipinski definition) is 8. The molecule has 0 spiro atoms. The van der Waals surface area contributed by atoms with E-state index >= 15 is 0 Å². The van der Waals surface area contributed by atoms with E-state index < -0.39 is 24.4 Å². The minimum absolute atomic E-state index is 0.0110. The lowest BCUT2D eigenvalue weighted by molar-refractivity contribution is -0.149. The first-order chi connectivity index (χ1) is 13.0. The molecule has 141 valence electrons. The average molecular weight is 411 g/mol. The Bertz CT molecular complexity index is 1000. The first kappa shape index (κ1) is 18.1. The van der Waals surface area contributed by atoms with Crippen LogP contribution in [0.4, 0.5) is 0 Å². The number of aryl methyl sites for hydroxylation is 1. The quantitative estimate of drug-likeness (QED) is 0.366. The number of imidazole rings is 1. The predicted octanol–water partition coefficient (Wildman–Crippen LogP) is 3.09. The molecule has 9 nitrogen and oxygen atoms in total. The summed E-state index contributed by atoms with van der Waals surface area (Å²) >= 11 is 12.0. The van der Waals surface area contributed by atoms with Gasteiger partial charge in [0.25, 0.3) is 0 Å². The molecular weight excluding hydrogens is 397 g/mol. The van der Waals surface area contributed by atoms with Gasteiger partial charge >= 0.3 is 5.97 Å². The number of rotatable bonds is 4. The molecule has 3 atom stereocenters. The predicted molar refractivity (Wildman–Crippen MR) is 93.9 cm³/mol. The lowest BCUT2D eigenvalue weighted by atomic mass is 10.1. The number of ether oxygens (including phenoxy) is 2. The Balaban J connectivity index is 1.69. The number of fused-ring (bicyclic) bond motifs is 1. The first-order valence-corrected chi connectivity index (χ1v) is 8.90. The third-order valence-electron chi connectivity index (χ3n) is 4.09. The lowest BCUT2D eigenvalue weighted by Crippen LogP contribution is -2.20. The number of esters is 1. The van der Waals surface area contributed by atoms with Gasteiger partial charge in [-0.25, -0.2) is 9.97 Å². The topological polar surface area (TPSA) is 105 Å². The van der Waals surface area contributed by atoms with Crippen LogP contribution in [0.2, 0.25) is 10.4 Å². The fourth-order valence-electron chi connectivity index (χ4n) is 2.89. The van der Waals surface area contributed by atoms with E-state index in [9.17, 15) is 4.79 Å². The van der Waals surface area contributed by atoms with Gasteiger partial charge in [0.1, 0.15) is 17.8 Å². The Morgan fingerprint density at radius 2 is 2.19 bits per heavy atom. The molecule has 1 radical (unpaired) electrons. The third kappa shape index (κ3) is 3.38. The number of aromatic nitrogens is 5. The molecule has 1 fully saturated rings. The highest BCUT2D eigenvalue weighted by Crippen LogP contribution is 2.41. The van der Waals surface area contributed by atoms with Gasteiger partial charge in [0.2, 0.25) is 5.28 Å². The number of carbonyl (C=O) groups excluding carboxylic acids is 1. The van der Waals surface area contributed by atoms with E-state index in [0.29, 0.717) is 23.3 Å². The van der Waals surface area contributed by atoms with E-state index in [2.05, 4.69) is 20.1 Å². The van der Waals surface area contributed by atoms with Crippen LogP contribution in [-0.4, -0.2) is 36.7 Å². The molecule has 0 unspecified atom stereocenters. The van der Waals surface area contributed by atoms with Crippen LogP contribution in [0.25, 0.3) is 11.2 Å². The molecule has 0 aromatic carbocycles. The molecule has 1 aliphatic heterocycles. The van der Waals surface area contributed by atoms with Gasteiger partial charge in [0.05, 0.1) is 18.4 Å². The van der Waals surface area contributed by atoms with Crippen LogP contribution in [0.3, 0.4) is 0 Å². The molecule has 3 aromatic heterocycles. The van der Waals surface area contributed by atoms with Crippen LogP contribution in [0.5, 0.6) is 0 Å². The summed E-state index contributed by atoms with van der Waals surface area (Å²) in [6, 6.07) is 1.78. The summed E-state index contributed by atoms with van der Waals surface area (Å²) in [5.41, 5.74) is 1.56. The van der Waals surface area contributed by atoms with Gasteiger partial charge in [-0.2, -0.15) is 4.98 Å². The molecule has 11 heteroatoms. The second kappa shape index (κ2) is 7.06. The molecule has 1 saturated heterocycles. The molecule has 3 aromatic rings. The van der Waals surface area contributed by atoms with Gasteiger partial charge in [-0.15, -0.1) is 0 Å². The fraction of sp³-hybridized carbons (Fsp3) is 0.375. The van der Waals surface area contributed by atoms with E-state index in [0.717, 1.165) is 5.69 Å². The van der Waals surface area contributed by atoms with Crippen molar-refractivity contribution in [3.63, 3.8) is 0 Å². The van der Waals surface area contributed by atoms with Crippen molar-refractivity contribution in [2.24, 2.45) is 0 Å². The smallest absolute Gasteiger partial charge is 0.303 e. The Morgan fingerprint density at radius 1 is 1.37 bits per heavy atom. The Morgan fingerprint density at radius 3 is 2.89 bits per heavy atom. The van der Waals surface area contributed by atoms with E-state index in [4.69, 9.17) is 37.2 Å².